The number of fused-ring (bicyclic) bond motifs is 1. The van der Waals surface area contributed by atoms with Crippen molar-refractivity contribution in [3.63, 3.8) is 0 Å². The van der Waals surface area contributed by atoms with Crippen LogP contribution in [0.1, 0.15) is 17.7 Å². The van der Waals surface area contributed by atoms with Crippen LogP contribution in [0.15, 0.2) is 24.5 Å². The summed E-state index contributed by atoms with van der Waals surface area (Å²) in [5.74, 6) is 0. The molecule has 13 heavy (non-hydrogen) atoms. The molecule has 2 aromatic heterocycles. The molecule has 0 atom stereocenters. The van der Waals surface area contributed by atoms with Crippen molar-refractivity contribution in [2.24, 2.45) is 0 Å². The Morgan fingerprint density at radius 3 is 2.92 bits per heavy atom. The predicted octanol–water partition coefficient (Wildman–Crippen LogP) is 2.58. The Labute approximate surface area is 73.8 Å². The van der Waals surface area contributed by atoms with Crippen LogP contribution in [0, 0.1) is 6.92 Å². The summed E-state index contributed by atoms with van der Waals surface area (Å²) in [6.45, 7) is 1.90. The molecule has 2 rings (SSSR count). The average Bonchev–Trinajstić information content (AvgIpc) is 2.46. The SMILES string of the molecule is Cc1ccn2cc(C(F)F)nc2c1. The molecule has 2 aromatic rings. The van der Waals surface area contributed by atoms with Crippen molar-refractivity contribution >= 4 is 5.65 Å². The molecule has 68 valence electrons. The molecule has 0 aliphatic carbocycles. The summed E-state index contributed by atoms with van der Waals surface area (Å²) in [5.41, 5.74) is 1.40. The van der Waals surface area contributed by atoms with Crippen LogP contribution in [0.4, 0.5) is 8.78 Å². The van der Waals surface area contributed by atoms with Crippen LogP contribution in [0.5, 0.6) is 0 Å². The van der Waals surface area contributed by atoms with Gasteiger partial charge < -0.3 is 4.40 Å². The second-order valence-corrected chi connectivity index (χ2v) is 2.94. The van der Waals surface area contributed by atoms with E-state index in [2.05, 4.69) is 4.98 Å². The Morgan fingerprint density at radius 1 is 1.46 bits per heavy atom. The molecule has 0 saturated heterocycles. The van der Waals surface area contributed by atoms with E-state index in [1.807, 2.05) is 13.0 Å². The fraction of sp³-hybridized carbons (Fsp3) is 0.222. The van der Waals surface area contributed by atoms with Gasteiger partial charge in [0.2, 0.25) is 0 Å². The standard InChI is InChI=1S/C9H8F2N2/c1-6-2-3-13-5-7(9(10)11)12-8(13)4-6/h2-5,9H,1H3. The molecule has 0 bridgehead atoms. The van der Waals surface area contributed by atoms with E-state index in [1.165, 1.54) is 6.20 Å². The van der Waals surface area contributed by atoms with Crippen molar-refractivity contribution in [2.75, 3.05) is 0 Å². The van der Waals surface area contributed by atoms with Crippen molar-refractivity contribution in [3.8, 4) is 0 Å². The number of imidazole rings is 1. The van der Waals surface area contributed by atoms with Gasteiger partial charge in [0.05, 0.1) is 0 Å². The molecule has 0 aromatic carbocycles. The minimum atomic E-state index is -2.50. The Hall–Kier alpha value is -1.45. The molecule has 2 heterocycles. The number of hydrogen-bond donors (Lipinski definition) is 0. The molecule has 0 saturated carbocycles. The molecule has 0 amide bonds. The van der Waals surface area contributed by atoms with E-state index in [4.69, 9.17) is 0 Å². The second kappa shape index (κ2) is 2.80. The highest BCUT2D eigenvalue weighted by Gasteiger charge is 2.11. The van der Waals surface area contributed by atoms with Crippen LogP contribution in [-0.4, -0.2) is 9.38 Å². The maximum absolute atomic E-state index is 12.2. The lowest BCUT2D eigenvalue weighted by molar-refractivity contribution is 0.147. The van der Waals surface area contributed by atoms with Gasteiger partial charge in [-0.1, -0.05) is 0 Å². The van der Waals surface area contributed by atoms with Gasteiger partial charge in [0.1, 0.15) is 11.3 Å². The first-order chi connectivity index (χ1) is 6.16. The lowest BCUT2D eigenvalue weighted by Gasteiger charge is -1.92. The number of nitrogens with zero attached hydrogens (tertiary/aromatic N) is 2. The first-order valence-corrected chi connectivity index (χ1v) is 3.90. The van der Waals surface area contributed by atoms with E-state index in [9.17, 15) is 8.78 Å². The highest BCUT2D eigenvalue weighted by atomic mass is 19.3. The summed E-state index contributed by atoms with van der Waals surface area (Å²) < 4.78 is 26.1. The Balaban J connectivity index is 2.62. The van der Waals surface area contributed by atoms with E-state index in [1.54, 1.807) is 16.7 Å². The minimum absolute atomic E-state index is 0.175. The molecule has 0 spiro atoms. The summed E-state index contributed by atoms with van der Waals surface area (Å²) >= 11 is 0. The van der Waals surface area contributed by atoms with Crippen LogP contribution in [-0.2, 0) is 0 Å². The summed E-state index contributed by atoms with van der Waals surface area (Å²) in [7, 11) is 0. The van der Waals surface area contributed by atoms with Crippen molar-refractivity contribution < 1.29 is 8.78 Å². The van der Waals surface area contributed by atoms with Gasteiger partial charge >= 0.3 is 0 Å². The molecule has 0 radical (unpaired) electrons. The summed E-state index contributed by atoms with van der Waals surface area (Å²) in [6, 6.07) is 3.62. The highest BCUT2D eigenvalue weighted by Crippen LogP contribution is 2.18. The van der Waals surface area contributed by atoms with E-state index >= 15 is 0 Å². The van der Waals surface area contributed by atoms with Gasteiger partial charge in [0, 0.05) is 12.4 Å². The Bertz CT molecular complexity index is 434. The first-order valence-electron chi connectivity index (χ1n) is 3.90. The number of aryl methyl sites for hydroxylation is 1. The summed E-state index contributed by atoms with van der Waals surface area (Å²) in [5, 5.41) is 0. The lowest BCUT2D eigenvalue weighted by atomic mass is 10.3. The third-order valence-electron chi connectivity index (χ3n) is 1.86. The summed E-state index contributed by atoms with van der Waals surface area (Å²) in [6.07, 6.45) is 0.573. The van der Waals surface area contributed by atoms with Crippen LogP contribution in [0.3, 0.4) is 0 Å². The molecular weight excluding hydrogens is 174 g/mol. The van der Waals surface area contributed by atoms with E-state index in [-0.39, 0.29) is 5.69 Å². The zero-order valence-electron chi connectivity index (χ0n) is 7.04. The number of alkyl halides is 2. The normalized spacial score (nSPS) is 11.4. The van der Waals surface area contributed by atoms with Gasteiger partial charge in [0.15, 0.2) is 0 Å². The third kappa shape index (κ3) is 1.39. The van der Waals surface area contributed by atoms with E-state index in [0.29, 0.717) is 5.65 Å². The molecule has 0 fully saturated rings. The molecule has 0 unspecified atom stereocenters. The van der Waals surface area contributed by atoms with Gasteiger partial charge in [-0.25, -0.2) is 13.8 Å². The lowest BCUT2D eigenvalue weighted by Crippen LogP contribution is -1.81. The van der Waals surface area contributed by atoms with Gasteiger partial charge in [-0.2, -0.15) is 0 Å². The molecular formula is C9H8F2N2. The Kier molecular flexibility index (Phi) is 1.76. The van der Waals surface area contributed by atoms with Crippen molar-refractivity contribution in [2.45, 2.75) is 13.3 Å². The molecule has 0 N–H and O–H groups in total. The smallest absolute Gasteiger partial charge is 0.281 e. The average molecular weight is 182 g/mol. The molecule has 0 aliphatic heterocycles. The van der Waals surface area contributed by atoms with Crippen LogP contribution < -0.4 is 0 Å². The monoisotopic (exact) mass is 182 g/mol. The number of aromatic nitrogens is 2. The summed E-state index contributed by atoms with van der Waals surface area (Å²) in [4.78, 5) is 3.79. The number of rotatable bonds is 1. The van der Waals surface area contributed by atoms with Crippen LogP contribution in [0.2, 0.25) is 0 Å². The second-order valence-electron chi connectivity index (χ2n) is 2.94. The predicted molar refractivity (Wildman–Crippen MR) is 44.9 cm³/mol. The molecule has 0 aliphatic rings. The molecule has 2 nitrogen and oxygen atoms in total. The zero-order valence-corrected chi connectivity index (χ0v) is 7.04. The van der Waals surface area contributed by atoms with Crippen molar-refractivity contribution in [1.29, 1.82) is 0 Å². The fourth-order valence-corrected chi connectivity index (χ4v) is 1.21. The number of halogens is 2. The van der Waals surface area contributed by atoms with Gasteiger partial charge in [-0.05, 0) is 24.6 Å². The van der Waals surface area contributed by atoms with Gasteiger partial charge in [0.25, 0.3) is 6.43 Å². The third-order valence-corrected chi connectivity index (χ3v) is 1.86. The minimum Gasteiger partial charge on any atom is -0.307 e. The topological polar surface area (TPSA) is 17.3 Å². The van der Waals surface area contributed by atoms with Gasteiger partial charge in [-0.3, -0.25) is 0 Å². The van der Waals surface area contributed by atoms with E-state index in [0.717, 1.165) is 5.56 Å². The van der Waals surface area contributed by atoms with Gasteiger partial charge in [-0.15, -0.1) is 0 Å². The van der Waals surface area contributed by atoms with Crippen LogP contribution in [0.25, 0.3) is 5.65 Å². The molecule has 4 heteroatoms. The van der Waals surface area contributed by atoms with E-state index < -0.39 is 6.43 Å². The highest BCUT2D eigenvalue weighted by molar-refractivity contribution is 5.42. The number of pyridine rings is 1. The van der Waals surface area contributed by atoms with Crippen LogP contribution >= 0.6 is 0 Å². The van der Waals surface area contributed by atoms with Crippen molar-refractivity contribution in [3.05, 3.63) is 35.8 Å². The quantitative estimate of drug-likeness (QED) is 0.662. The van der Waals surface area contributed by atoms with Crippen molar-refractivity contribution in [1.82, 2.24) is 9.38 Å². The largest absolute Gasteiger partial charge is 0.307 e. The fourth-order valence-electron chi connectivity index (χ4n) is 1.21. The zero-order chi connectivity index (χ0) is 9.42. The first kappa shape index (κ1) is 8.16. The maximum Gasteiger partial charge on any atom is 0.281 e. The number of hydrogen-bond acceptors (Lipinski definition) is 1. The Morgan fingerprint density at radius 2 is 2.23 bits per heavy atom. The maximum atomic E-state index is 12.2.